The van der Waals surface area contributed by atoms with Crippen LogP contribution in [-0.4, -0.2) is 13.0 Å². The minimum Gasteiger partial charge on any atom is -0.494 e. The van der Waals surface area contributed by atoms with Crippen molar-refractivity contribution in [3.8, 4) is 5.75 Å². The molecular formula is C12H17NO2. The van der Waals surface area contributed by atoms with Gasteiger partial charge in [-0.3, -0.25) is 4.79 Å². The molecule has 0 aromatic heterocycles. The van der Waals surface area contributed by atoms with Crippen LogP contribution >= 0.6 is 0 Å². The van der Waals surface area contributed by atoms with Gasteiger partial charge in [-0.05, 0) is 36.6 Å². The van der Waals surface area contributed by atoms with E-state index in [2.05, 4.69) is 19.2 Å². The fraction of sp³-hybridized carbons (Fsp3) is 0.417. The number of nitrogens with one attached hydrogen (secondary N) is 1. The molecule has 3 nitrogen and oxygen atoms in total. The van der Waals surface area contributed by atoms with E-state index in [9.17, 15) is 4.79 Å². The Balaban J connectivity index is 2.39. The van der Waals surface area contributed by atoms with Crippen molar-refractivity contribution in [3.05, 3.63) is 24.3 Å². The Morgan fingerprint density at radius 2 is 2.00 bits per heavy atom. The summed E-state index contributed by atoms with van der Waals surface area (Å²) < 4.78 is 5.53. The molecule has 0 bridgehead atoms. The van der Waals surface area contributed by atoms with Gasteiger partial charge in [0.25, 0.3) is 0 Å². The van der Waals surface area contributed by atoms with Crippen LogP contribution in [0.2, 0.25) is 0 Å². The molecule has 15 heavy (non-hydrogen) atoms. The predicted octanol–water partition coefficient (Wildman–Crippen LogP) is 2.68. The molecule has 1 rings (SSSR count). The molecule has 0 fully saturated rings. The Morgan fingerprint density at radius 3 is 2.53 bits per heavy atom. The molecule has 0 atom stereocenters. The number of ether oxygens (including phenoxy) is 1. The Kier molecular flexibility index (Phi) is 4.68. The summed E-state index contributed by atoms with van der Waals surface area (Å²) in [6.45, 7) is 5.07. The van der Waals surface area contributed by atoms with Gasteiger partial charge < -0.3 is 10.1 Å². The third-order valence-corrected chi connectivity index (χ3v) is 2.04. The summed E-state index contributed by atoms with van der Waals surface area (Å²) in [6, 6.07) is 7.34. The van der Waals surface area contributed by atoms with Crippen LogP contribution in [0.5, 0.6) is 5.75 Å². The molecule has 0 spiro atoms. The maximum atomic E-state index is 10.2. The minimum atomic E-state index is 0.654. The summed E-state index contributed by atoms with van der Waals surface area (Å²) in [4.78, 5) is 10.2. The van der Waals surface area contributed by atoms with E-state index in [1.165, 1.54) is 0 Å². The van der Waals surface area contributed by atoms with E-state index in [0.29, 0.717) is 12.3 Å². The van der Waals surface area contributed by atoms with E-state index in [1.807, 2.05) is 24.3 Å². The number of rotatable bonds is 6. The second-order valence-electron chi connectivity index (χ2n) is 3.82. The molecule has 82 valence electrons. The number of carbonyl (C=O) groups is 1. The Labute approximate surface area is 90.4 Å². The molecule has 1 aromatic rings. The number of anilines is 1. The van der Waals surface area contributed by atoms with Gasteiger partial charge in [-0.15, -0.1) is 0 Å². The smallest absolute Gasteiger partial charge is 0.211 e. The first kappa shape index (κ1) is 11.6. The number of amides is 1. The monoisotopic (exact) mass is 207 g/mol. The van der Waals surface area contributed by atoms with Gasteiger partial charge in [0.2, 0.25) is 6.41 Å². The molecule has 0 aliphatic heterocycles. The topological polar surface area (TPSA) is 38.3 Å². The minimum absolute atomic E-state index is 0.654. The van der Waals surface area contributed by atoms with Crippen molar-refractivity contribution in [1.29, 1.82) is 0 Å². The predicted molar refractivity (Wildman–Crippen MR) is 61.1 cm³/mol. The van der Waals surface area contributed by atoms with Crippen molar-refractivity contribution in [1.82, 2.24) is 0 Å². The zero-order chi connectivity index (χ0) is 11.1. The molecule has 0 aliphatic rings. The highest BCUT2D eigenvalue weighted by Crippen LogP contribution is 2.15. The largest absolute Gasteiger partial charge is 0.494 e. The molecule has 0 saturated heterocycles. The van der Waals surface area contributed by atoms with Gasteiger partial charge in [0, 0.05) is 5.69 Å². The highest BCUT2D eigenvalue weighted by Gasteiger charge is 1.96. The van der Waals surface area contributed by atoms with Crippen LogP contribution in [0.25, 0.3) is 0 Å². The lowest BCUT2D eigenvalue weighted by atomic mass is 10.1. The highest BCUT2D eigenvalue weighted by molar-refractivity contribution is 5.71. The van der Waals surface area contributed by atoms with Crippen molar-refractivity contribution in [3.63, 3.8) is 0 Å². The number of carbonyl (C=O) groups excluding carboxylic acids is 1. The zero-order valence-electron chi connectivity index (χ0n) is 9.19. The maximum Gasteiger partial charge on any atom is 0.211 e. The van der Waals surface area contributed by atoms with Gasteiger partial charge in [0.15, 0.2) is 0 Å². The summed E-state index contributed by atoms with van der Waals surface area (Å²) >= 11 is 0. The molecule has 1 N–H and O–H groups in total. The first-order valence-electron chi connectivity index (χ1n) is 5.15. The van der Waals surface area contributed by atoms with Crippen LogP contribution < -0.4 is 10.1 Å². The summed E-state index contributed by atoms with van der Waals surface area (Å²) in [5, 5.41) is 2.57. The summed E-state index contributed by atoms with van der Waals surface area (Å²) in [7, 11) is 0. The Morgan fingerprint density at radius 1 is 1.33 bits per heavy atom. The van der Waals surface area contributed by atoms with Gasteiger partial charge >= 0.3 is 0 Å². The van der Waals surface area contributed by atoms with Crippen LogP contribution in [0.1, 0.15) is 20.3 Å². The van der Waals surface area contributed by atoms with Crippen LogP contribution in [0.4, 0.5) is 5.69 Å². The standard InChI is InChI=1S/C12H17NO2/c1-10(2)7-8-15-12-5-3-11(4-6-12)13-9-14/h3-6,9-10H,7-8H2,1-2H3,(H,13,14). The third kappa shape index (κ3) is 4.49. The fourth-order valence-electron chi connectivity index (χ4n) is 1.13. The Bertz CT molecular complexity index is 293. The lowest BCUT2D eigenvalue weighted by molar-refractivity contribution is -0.105. The van der Waals surface area contributed by atoms with Crippen molar-refractivity contribution in [2.24, 2.45) is 5.92 Å². The van der Waals surface area contributed by atoms with Crippen molar-refractivity contribution < 1.29 is 9.53 Å². The lowest BCUT2D eigenvalue weighted by Gasteiger charge is -2.08. The average Bonchev–Trinajstić information content (AvgIpc) is 2.20. The first-order chi connectivity index (χ1) is 7.22. The molecule has 3 heteroatoms. The van der Waals surface area contributed by atoms with Crippen LogP contribution in [0.15, 0.2) is 24.3 Å². The van der Waals surface area contributed by atoms with Crippen LogP contribution in [0, 0.1) is 5.92 Å². The number of benzene rings is 1. The quantitative estimate of drug-likeness (QED) is 0.728. The second kappa shape index (κ2) is 6.06. The highest BCUT2D eigenvalue weighted by atomic mass is 16.5. The third-order valence-electron chi connectivity index (χ3n) is 2.04. The average molecular weight is 207 g/mol. The van der Waals surface area contributed by atoms with Crippen LogP contribution in [0.3, 0.4) is 0 Å². The lowest BCUT2D eigenvalue weighted by Crippen LogP contribution is -2.01. The summed E-state index contributed by atoms with van der Waals surface area (Å²) in [6.07, 6.45) is 1.71. The van der Waals surface area contributed by atoms with E-state index in [0.717, 1.165) is 24.5 Å². The van der Waals surface area contributed by atoms with Crippen molar-refractivity contribution >= 4 is 12.1 Å². The molecular weight excluding hydrogens is 190 g/mol. The van der Waals surface area contributed by atoms with Gasteiger partial charge in [0.1, 0.15) is 5.75 Å². The second-order valence-corrected chi connectivity index (χ2v) is 3.82. The van der Waals surface area contributed by atoms with Gasteiger partial charge in [-0.25, -0.2) is 0 Å². The molecule has 0 aliphatic carbocycles. The number of hydrogen-bond donors (Lipinski definition) is 1. The van der Waals surface area contributed by atoms with Crippen molar-refractivity contribution in [2.45, 2.75) is 20.3 Å². The summed E-state index contributed by atoms with van der Waals surface area (Å²) in [5.41, 5.74) is 0.779. The first-order valence-corrected chi connectivity index (χ1v) is 5.15. The zero-order valence-corrected chi connectivity index (χ0v) is 9.19. The van der Waals surface area contributed by atoms with Gasteiger partial charge in [-0.1, -0.05) is 13.8 Å². The van der Waals surface area contributed by atoms with Gasteiger partial charge in [-0.2, -0.15) is 0 Å². The molecule has 0 heterocycles. The van der Waals surface area contributed by atoms with E-state index in [-0.39, 0.29) is 0 Å². The maximum absolute atomic E-state index is 10.2. The molecule has 1 amide bonds. The summed E-state index contributed by atoms with van der Waals surface area (Å²) in [5.74, 6) is 1.49. The SMILES string of the molecule is CC(C)CCOc1ccc(NC=O)cc1. The number of hydrogen-bond acceptors (Lipinski definition) is 2. The van der Waals surface area contributed by atoms with Gasteiger partial charge in [0.05, 0.1) is 6.61 Å². The normalized spacial score (nSPS) is 10.1. The van der Waals surface area contributed by atoms with Crippen molar-refractivity contribution in [2.75, 3.05) is 11.9 Å². The molecule has 0 radical (unpaired) electrons. The Hall–Kier alpha value is -1.51. The van der Waals surface area contributed by atoms with E-state index < -0.39 is 0 Å². The molecule has 0 unspecified atom stereocenters. The van der Waals surface area contributed by atoms with E-state index in [4.69, 9.17) is 4.74 Å². The van der Waals surface area contributed by atoms with E-state index in [1.54, 1.807) is 0 Å². The molecule has 0 saturated carbocycles. The van der Waals surface area contributed by atoms with Crippen LogP contribution in [-0.2, 0) is 4.79 Å². The van der Waals surface area contributed by atoms with E-state index >= 15 is 0 Å². The molecule has 1 aromatic carbocycles. The fourth-order valence-corrected chi connectivity index (χ4v) is 1.13.